The van der Waals surface area contributed by atoms with Crippen LogP contribution >= 0.6 is 0 Å². The molecule has 0 aromatic heterocycles. The van der Waals surface area contributed by atoms with Gasteiger partial charge in [0.25, 0.3) is 0 Å². The summed E-state index contributed by atoms with van der Waals surface area (Å²) >= 11 is 0. The number of aliphatic hydroxyl groups excluding tert-OH is 1. The summed E-state index contributed by atoms with van der Waals surface area (Å²) in [6.07, 6.45) is 0.990. The van der Waals surface area contributed by atoms with Crippen LogP contribution in [-0.4, -0.2) is 20.1 Å². The average molecular weight is 344 g/mol. The van der Waals surface area contributed by atoms with Gasteiger partial charge in [-0.05, 0) is 49.1 Å². The van der Waals surface area contributed by atoms with E-state index >= 15 is 0 Å². The summed E-state index contributed by atoms with van der Waals surface area (Å²) in [4.78, 5) is 0.159. The molecule has 6 heteroatoms. The fraction of sp³-hybridized carbons (Fsp3) is 0.278. The number of nitrogens with zero attached hydrogens (tertiary/aromatic N) is 1. The van der Waals surface area contributed by atoms with Crippen molar-refractivity contribution in [2.45, 2.75) is 30.7 Å². The van der Waals surface area contributed by atoms with Crippen molar-refractivity contribution >= 4 is 10.0 Å². The number of benzene rings is 2. The number of aliphatic hydroxyl groups is 1. The van der Waals surface area contributed by atoms with Gasteiger partial charge in [-0.2, -0.15) is 5.26 Å². The van der Waals surface area contributed by atoms with Crippen LogP contribution in [0.1, 0.15) is 35.6 Å². The van der Waals surface area contributed by atoms with Crippen LogP contribution in [0.25, 0.3) is 0 Å². The van der Waals surface area contributed by atoms with E-state index in [9.17, 15) is 8.42 Å². The second kappa shape index (κ2) is 8.06. The molecule has 1 unspecified atom stereocenters. The van der Waals surface area contributed by atoms with Crippen molar-refractivity contribution in [3.05, 3.63) is 65.2 Å². The van der Waals surface area contributed by atoms with Crippen molar-refractivity contribution in [3.63, 3.8) is 0 Å². The first kappa shape index (κ1) is 18.1. The minimum Gasteiger partial charge on any atom is -0.396 e. The summed E-state index contributed by atoms with van der Waals surface area (Å²) in [5.74, 6) is 0. The molecule has 1 atom stereocenters. The van der Waals surface area contributed by atoms with Gasteiger partial charge in [-0.25, -0.2) is 13.1 Å². The van der Waals surface area contributed by atoms with Crippen molar-refractivity contribution in [3.8, 4) is 6.07 Å². The second-order valence-electron chi connectivity index (χ2n) is 5.54. The molecule has 2 rings (SSSR count). The van der Waals surface area contributed by atoms with Gasteiger partial charge in [0.15, 0.2) is 0 Å². The van der Waals surface area contributed by atoms with Gasteiger partial charge in [0.1, 0.15) is 0 Å². The van der Waals surface area contributed by atoms with Crippen molar-refractivity contribution in [1.82, 2.24) is 4.72 Å². The number of nitrogens with one attached hydrogen (secondary N) is 1. The molecule has 24 heavy (non-hydrogen) atoms. The molecule has 5 nitrogen and oxygen atoms in total. The molecule has 0 heterocycles. The minimum atomic E-state index is -3.73. The van der Waals surface area contributed by atoms with Gasteiger partial charge in [-0.3, -0.25) is 0 Å². The number of hydrogen-bond donors (Lipinski definition) is 2. The normalized spacial score (nSPS) is 12.5. The van der Waals surface area contributed by atoms with E-state index in [1.54, 1.807) is 13.0 Å². The van der Waals surface area contributed by atoms with Crippen molar-refractivity contribution in [1.29, 1.82) is 5.26 Å². The lowest BCUT2D eigenvalue weighted by molar-refractivity contribution is 0.278. The van der Waals surface area contributed by atoms with Crippen LogP contribution in [0.4, 0.5) is 0 Å². The van der Waals surface area contributed by atoms with E-state index in [0.717, 1.165) is 5.56 Å². The Morgan fingerprint density at radius 3 is 2.50 bits per heavy atom. The Labute approximate surface area is 142 Å². The fourth-order valence-corrected chi connectivity index (χ4v) is 4.03. The van der Waals surface area contributed by atoms with Crippen LogP contribution in [0.2, 0.25) is 0 Å². The predicted molar refractivity (Wildman–Crippen MR) is 91.7 cm³/mol. The van der Waals surface area contributed by atoms with E-state index in [1.165, 1.54) is 12.1 Å². The van der Waals surface area contributed by atoms with Crippen LogP contribution in [-0.2, 0) is 10.0 Å². The molecule has 2 aromatic carbocycles. The first-order valence-electron chi connectivity index (χ1n) is 7.67. The maximum absolute atomic E-state index is 12.7. The molecule has 0 bridgehead atoms. The molecule has 0 saturated carbocycles. The lowest BCUT2D eigenvalue weighted by atomic mass is 10.0. The molecule has 126 valence electrons. The minimum absolute atomic E-state index is 0.000948. The van der Waals surface area contributed by atoms with Gasteiger partial charge in [0, 0.05) is 12.6 Å². The Morgan fingerprint density at radius 1 is 1.21 bits per heavy atom. The molecule has 0 amide bonds. The Morgan fingerprint density at radius 2 is 1.92 bits per heavy atom. The lowest BCUT2D eigenvalue weighted by Gasteiger charge is -2.20. The van der Waals surface area contributed by atoms with Crippen LogP contribution in [0.3, 0.4) is 0 Å². The molecule has 0 radical (unpaired) electrons. The summed E-state index contributed by atoms with van der Waals surface area (Å²) in [6, 6.07) is 15.4. The zero-order valence-corrected chi connectivity index (χ0v) is 14.3. The molecule has 0 fully saturated rings. The molecule has 2 N–H and O–H groups in total. The van der Waals surface area contributed by atoms with Crippen LogP contribution in [0.15, 0.2) is 53.4 Å². The molecule has 0 saturated heterocycles. The van der Waals surface area contributed by atoms with E-state index in [2.05, 4.69) is 4.72 Å². The van der Waals surface area contributed by atoms with Crippen molar-refractivity contribution in [2.24, 2.45) is 0 Å². The van der Waals surface area contributed by atoms with Gasteiger partial charge in [0.05, 0.1) is 16.5 Å². The third kappa shape index (κ3) is 4.42. The van der Waals surface area contributed by atoms with Crippen LogP contribution < -0.4 is 4.72 Å². The van der Waals surface area contributed by atoms with E-state index in [-0.39, 0.29) is 11.5 Å². The number of hydrogen-bond acceptors (Lipinski definition) is 4. The van der Waals surface area contributed by atoms with E-state index in [0.29, 0.717) is 24.0 Å². The summed E-state index contributed by atoms with van der Waals surface area (Å²) in [5.41, 5.74) is 1.79. The first-order chi connectivity index (χ1) is 11.5. The average Bonchev–Trinajstić information content (AvgIpc) is 2.58. The maximum Gasteiger partial charge on any atom is 0.241 e. The van der Waals surface area contributed by atoms with E-state index < -0.39 is 16.1 Å². The van der Waals surface area contributed by atoms with Crippen LogP contribution in [0, 0.1) is 18.3 Å². The molecule has 0 aliphatic heterocycles. The Kier molecular flexibility index (Phi) is 6.10. The monoisotopic (exact) mass is 344 g/mol. The largest absolute Gasteiger partial charge is 0.396 e. The Bertz CT molecular complexity index is 827. The topological polar surface area (TPSA) is 90.2 Å². The number of sulfonamides is 1. The molecule has 0 spiro atoms. The van der Waals surface area contributed by atoms with Crippen molar-refractivity contribution in [2.75, 3.05) is 6.61 Å². The van der Waals surface area contributed by atoms with E-state index in [1.807, 2.05) is 36.4 Å². The molecule has 2 aromatic rings. The van der Waals surface area contributed by atoms with Gasteiger partial charge in [-0.1, -0.05) is 30.3 Å². The van der Waals surface area contributed by atoms with Gasteiger partial charge >= 0.3 is 0 Å². The third-order valence-electron chi connectivity index (χ3n) is 3.74. The zero-order valence-electron chi connectivity index (χ0n) is 13.4. The summed E-state index contributed by atoms with van der Waals surface area (Å²) in [6.45, 7) is 1.67. The molecule has 0 aliphatic carbocycles. The third-order valence-corrected chi connectivity index (χ3v) is 5.38. The lowest BCUT2D eigenvalue weighted by Crippen LogP contribution is -2.29. The summed E-state index contributed by atoms with van der Waals surface area (Å²) < 4.78 is 28.2. The Balaban J connectivity index is 2.32. The highest BCUT2D eigenvalue weighted by atomic mass is 32.2. The Hall–Kier alpha value is -2.20. The van der Waals surface area contributed by atoms with Gasteiger partial charge in [-0.15, -0.1) is 0 Å². The molecular formula is C18H20N2O3S. The summed E-state index contributed by atoms with van der Waals surface area (Å²) in [5, 5.41) is 18.0. The van der Waals surface area contributed by atoms with Gasteiger partial charge in [0.2, 0.25) is 10.0 Å². The quantitative estimate of drug-likeness (QED) is 0.808. The highest BCUT2D eigenvalue weighted by Crippen LogP contribution is 2.23. The molecular weight excluding hydrogens is 324 g/mol. The smallest absolute Gasteiger partial charge is 0.241 e. The predicted octanol–water partition coefficient (Wildman–Crippen LogP) is 2.66. The summed E-state index contributed by atoms with van der Waals surface area (Å²) in [7, 11) is -3.73. The fourth-order valence-electron chi connectivity index (χ4n) is 2.55. The number of rotatable bonds is 7. The highest BCUT2D eigenvalue weighted by molar-refractivity contribution is 7.89. The maximum atomic E-state index is 12.7. The zero-order chi connectivity index (χ0) is 17.6. The first-order valence-corrected chi connectivity index (χ1v) is 9.15. The van der Waals surface area contributed by atoms with E-state index in [4.69, 9.17) is 10.4 Å². The second-order valence-corrected chi connectivity index (χ2v) is 7.22. The SMILES string of the molecule is Cc1cc(C#N)ccc1S(=O)(=O)NC(CCCO)c1ccccc1. The number of aryl methyl sites for hydroxylation is 1. The van der Waals surface area contributed by atoms with Gasteiger partial charge < -0.3 is 5.11 Å². The van der Waals surface area contributed by atoms with Crippen LogP contribution in [0.5, 0.6) is 0 Å². The standard InChI is InChI=1S/C18H20N2O3S/c1-14-12-15(13-19)9-10-18(14)24(22,23)20-17(8-5-11-21)16-6-3-2-4-7-16/h2-4,6-7,9-10,12,17,20-21H,5,8,11H2,1H3. The molecule has 0 aliphatic rings. The highest BCUT2D eigenvalue weighted by Gasteiger charge is 2.22. The number of nitriles is 1. The van der Waals surface area contributed by atoms with Crippen molar-refractivity contribution < 1.29 is 13.5 Å².